The maximum Gasteiger partial charge on any atom is 0.272 e. The molecule has 7 heteroatoms. The van der Waals surface area contributed by atoms with Crippen LogP contribution < -0.4 is 5.32 Å². The van der Waals surface area contributed by atoms with Crippen LogP contribution in [0.5, 0.6) is 0 Å². The summed E-state index contributed by atoms with van der Waals surface area (Å²) < 4.78 is 1.87. The zero-order chi connectivity index (χ0) is 16.1. The Kier molecular flexibility index (Phi) is 8.97. The highest BCUT2D eigenvalue weighted by Crippen LogP contribution is 2.22. The number of carbonyl (C=O) groups is 1. The molecule has 1 aromatic heterocycles. The minimum atomic E-state index is 0. The molecule has 0 atom stereocenters. The number of carbonyl (C=O) groups excluding carboxylic acids is 1. The number of likely N-dealkylation sites (tertiary alicyclic amines) is 1. The Morgan fingerprint density at radius 1 is 1.20 bits per heavy atom. The number of hydrogen-bond acceptors (Lipinski definition) is 3. The molecule has 1 amide bonds. The van der Waals surface area contributed by atoms with E-state index in [0.717, 1.165) is 44.1 Å². The van der Waals surface area contributed by atoms with Crippen LogP contribution in [-0.2, 0) is 0 Å². The third-order valence-electron chi connectivity index (χ3n) is 4.60. The van der Waals surface area contributed by atoms with Gasteiger partial charge in [0, 0.05) is 18.8 Å². The van der Waals surface area contributed by atoms with Gasteiger partial charge in [-0.2, -0.15) is 0 Å². The Labute approximate surface area is 161 Å². The van der Waals surface area contributed by atoms with Crippen molar-refractivity contribution in [2.45, 2.75) is 19.3 Å². The SMILES string of the molecule is CNCCC1CCN(C(=O)c2cncn2-c2ccccc2)CC1.Cl.Cl. The summed E-state index contributed by atoms with van der Waals surface area (Å²) in [4.78, 5) is 19.0. The van der Waals surface area contributed by atoms with Crippen molar-refractivity contribution in [1.29, 1.82) is 0 Å². The van der Waals surface area contributed by atoms with E-state index in [1.165, 1.54) is 6.42 Å². The Hall–Kier alpha value is -1.56. The van der Waals surface area contributed by atoms with E-state index in [9.17, 15) is 4.79 Å². The topological polar surface area (TPSA) is 50.2 Å². The molecule has 25 heavy (non-hydrogen) atoms. The molecule has 138 valence electrons. The van der Waals surface area contributed by atoms with Crippen LogP contribution in [0.15, 0.2) is 42.9 Å². The number of aromatic nitrogens is 2. The zero-order valence-electron chi connectivity index (χ0n) is 14.4. The maximum absolute atomic E-state index is 12.8. The molecule has 1 saturated heterocycles. The lowest BCUT2D eigenvalue weighted by atomic mass is 9.93. The second-order valence-corrected chi connectivity index (χ2v) is 6.11. The van der Waals surface area contributed by atoms with Crippen molar-refractivity contribution < 1.29 is 4.79 Å². The summed E-state index contributed by atoms with van der Waals surface area (Å²) in [7, 11) is 1.99. The molecule has 1 aromatic carbocycles. The first-order chi connectivity index (χ1) is 11.3. The molecule has 1 aliphatic rings. The summed E-state index contributed by atoms with van der Waals surface area (Å²) in [5.41, 5.74) is 1.61. The lowest BCUT2D eigenvalue weighted by Crippen LogP contribution is -2.39. The molecule has 1 fully saturated rings. The van der Waals surface area contributed by atoms with Gasteiger partial charge in [-0.05, 0) is 50.9 Å². The van der Waals surface area contributed by atoms with Gasteiger partial charge in [0.15, 0.2) is 0 Å². The van der Waals surface area contributed by atoms with Crippen LogP contribution >= 0.6 is 24.8 Å². The summed E-state index contributed by atoms with van der Waals surface area (Å²) in [5, 5.41) is 3.20. The first-order valence-electron chi connectivity index (χ1n) is 8.31. The molecule has 1 N–H and O–H groups in total. The fraction of sp³-hybridized carbons (Fsp3) is 0.444. The first-order valence-corrected chi connectivity index (χ1v) is 8.31. The lowest BCUT2D eigenvalue weighted by molar-refractivity contribution is 0.0679. The molecular formula is C18H26Cl2N4O. The summed E-state index contributed by atoms with van der Waals surface area (Å²) in [6.07, 6.45) is 6.75. The Morgan fingerprint density at radius 2 is 1.88 bits per heavy atom. The minimum Gasteiger partial charge on any atom is -0.337 e. The normalized spacial score (nSPS) is 14.5. The van der Waals surface area contributed by atoms with Crippen molar-refractivity contribution in [3.8, 4) is 5.69 Å². The standard InChI is InChI=1S/C18H24N4O.2ClH/c1-19-10-7-15-8-11-21(12-9-15)18(23)17-13-20-14-22(17)16-5-3-2-4-6-16;;/h2-6,13-15,19H,7-12H2,1H3;2*1H. The van der Waals surface area contributed by atoms with Crippen LogP contribution in [0.2, 0.25) is 0 Å². The van der Waals surface area contributed by atoms with Crippen LogP contribution in [0.25, 0.3) is 5.69 Å². The molecule has 0 unspecified atom stereocenters. The van der Waals surface area contributed by atoms with Gasteiger partial charge in [-0.1, -0.05) is 18.2 Å². The molecule has 3 rings (SSSR count). The van der Waals surface area contributed by atoms with E-state index in [1.807, 2.05) is 46.8 Å². The van der Waals surface area contributed by atoms with Crippen molar-refractivity contribution in [1.82, 2.24) is 19.8 Å². The van der Waals surface area contributed by atoms with Crippen LogP contribution in [-0.4, -0.2) is 47.0 Å². The molecule has 0 spiro atoms. The van der Waals surface area contributed by atoms with Crippen LogP contribution in [0, 0.1) is 5.92 Å². The summed E-state index contributed by atoms with van der Waals surface area (Å²) >= 11 is 0. The molecule has 5 nitrogen and oxygen atoms in total. The molecule has 0 bridgehead atoms. The third kappa shape index (κ3) is 5.21. The highest BCUT2D eigenvalue weighted by atomic mass is 35.5. The van der Waals surface area contributed by atoms with Crippen molar-refractivity contribution in [3.05, 3.63) is 48.5 Å². The molecule has 2 aromatic rings. The second-order valence-electron chi connectivity index (χ2n) is 6.11. The largest absolute Gasteiger partial charge is 0.337 e. The number of amides is 1. The number of nitrogens with one attached hydrogen (secondary N) is 1. The van der Waals surface area contributed by atoms with Crippen molar-refractivity contribution in [2.75, 3.05) is 26.7 Å². The van der Waals surface area contributed by atoms with Gasteiger partial charge >= 0.3 is 0 Å². The summed E-state index contributed by atoms with van der Waals surface area (Å²) in [5.74, 6) is 0.809. The average Bonchev–Trinajstić information content (AvgIpc) is 3.10. The maximum atomic E-state index is 12.8. The predicted octanol–water partition coefficient (Wildman–Crippen LogP) is 3.18. The highest BCUT2D eigenvalue weighted by Gasteiger charge is 2.25. The smallest absolute Gasteiger partial charge is 0.272 e. The molecule has 0 aliphatic carbocycles. The van der Waals surface area contributed by atoms with Crippen LogP contribution in [0.1, 0.15) is 29.8 Å². The minimum absolute atomic E-state index is 0. The number of halogens is 2. The van der Waals surface area contributed by atoms with Gasteiger partial charge in [0.1, 0.15) is 5.69 Å². The van der Waals surface area contributed by atoms with Gasteiger partial charge in [-0.3, -0.25) is 9.36 Å². The second kappa shape index (κ2) is 10.4. The first kappa shape index (κ1) is 21.5. The van der Waals surface area contributed by atoms with Crippen molar-refractivity contribution in [3.63, 3.8) is 0 Å². The van der Waals surface area contributed by atoms with Crippen LogP contribution in [0.4, 0.5) is 0 Å². The number of benzene rings is 1. The lowest BCUT2D eigenvalue weighted by Gasteiger charge is -2.32. The van der Waals surface area contributed by atoms with Gasteiger partial charge in [-0.15, -0.1) is 24.8 Å². The van der Waals surface area contributed by atoms with E-state index in [2.05, 4.69) is 10.3 Å². The Morgan fingerprint density at radius 3 is 2.52 bits per heavy atom. The number of rotatable bonds is 5. The third-order valence-corrected chi connectivity index (χ3v) is 4.60. The predicted molar refractivity (Wildman–Crippen MR) is 105 cm³/mol. The van der Waals surface area contributed by atoms with Gasteiger partial charge in [-0.25, -0.2) is 4.98 Å². The number of nitrogens with zero attached hydrogens (tertiary/aromatic N) is 3. The average molecular weight is 385 g/mol. The van der Waals surface area contributed by atoms with E-state index in [0.29, 0.717) is 5.69 Å². The van der Waals surface area contributed by atoms with Crippen LogP contribution in [0.3, 0.4) is 0 Å². The number of para-hydroxylation sites is 1. The van der Waals surface area contributed by atoms with Gasteiger partial charge in [0.25, 0.3) is 5.91 Å². The molecular weight excluding hydrogens is 359 g/mol. The van der Waals surface area contributed by atoms with Crippen molar-refractivity contribution in [2.24, 2.45) is 5.92 Å². The van der Waals surface area contributed by atoms with Gasteiger partial charge < -0.3 is 10.2 Å². The molecule has 0 saturated carbocycles. The van der Waals surface area contributed by atoms with Gasteiger partial charge in [0.2, 0.25) is 0 Å². The number of hydrogen-bond donors (Lipinski definition) is 1. The zero-order valence-corrected chi connectivity index (χ0v) is 16.1. The van der Waals surface area contributed by atoms with E-state index in [4.69, 9.17) is 0 Å². The Bertz CT molecular complexity index is 640. The van der Waals surface area contributed by atoms with E-state index in [-0.39, 0.29) is 30.7 Å². The highest BCUT2D eigenvalue weighted by molar-refractivity contribution is 5.93. The van der Waals surface area contributed by atoms with Crippen molar-refractivity contribution >= 4 is 30.7 Å². The molecule has 0 radical (unpaired) electrons. The number of imidazole rings is 1. The fourth-order valence-electron chi connectivity index (χ4n) is 3.18. The number of piperidine rings is 1. The monoisotopic (exact) mass is 384 g/mol. The Balaban J connectivity index is 0.00000156. The van der Waals surface area contributed by atoms with E-state index in [1.54, 1.807) is 12.5 Å². The van der Waals surface area contributed by atoms with E-state index < -0.39 is 0 Å². The fourth-order valence-corrected chi connectivity index (χ4v) is 3.18. The summed E-state index contributed by atoms with van der Waals surface area (Å²) in [6.45, 7) is 2.74. The van der Waals surface area contributed by atoms with E-state index >= 15 is 0 Å². The quantitative estimate of drug-likeness (QED) is 0.860. The molecule has 1 aliphatic heterocycles. The van der Waals surface area contributed by atoms with Gasteiger partial charge in [0.05, 0.1) is 12.5 Å². The summed E-state index contributed by atoms with van der Waals surface area (Å²) in [6, 6.07) is 9.89. The molecule has 2 heterocycles.